The number of benzene rings is 1. The molecule has 128 valence electrons. The van der Waals surface area contributed by atoms with Crippen LogP contribution in [0.5, 0.6) is 0 Å². The fraction of sp³-hybridized carbons (Fsp3) is 0.600. The minimum atomic E-state index is 0.133. The van der Waals surface area contributed by atoms with Gasteiger partial charge < -0.3 is 9.88 Å². The summed E-state index contributed by atoms with van der Waals surface area (Å²) in [6.45, 7) is 2.98. The van der Waals surface area contributed by atoms with E-state index in [1.807, 2.05) is 0 Å². The van der Waals surface area contributed by atoms with Crippen LogP contribution >= 0.6 is 0 Å². The fourth-order valence-electron chi connectivity index (χ4n) is 4.38. The second-order valence-corrected chi connectivity index (χ2v) is 7.52. The minimum absolute atomic E-state index is 0.133. The monoisotopic (exact) mass is 325 g/mol. The Morgan fingerprint density at radius 1 is 1.12 bits per heavy atom. The number of nitrogens with one attached hydrogen (secondary N) is 1. The summed E-state index contributed by atoms with van der Waals surface area (Å²) in [6.07, 6.45) is 9.24. The van der Waals surface area contributed by atoms with Gasteiger partial charge in [-0.05, 0) is 50.3 Å². The third-order valence-corrected chi connectivity index (χ3v) is 5.71. The quantitative estimate of drug-likeness (QED) is 0.826. The number of fused-ring (bicyclic) bond motifs is 1. The van der Waals surface area contributed by atoms with Crippen molar-refractivity contribution >= 4 is 16.9 Å². The van der Waals surface area contributed by atoms with Crippen LogP contribution in [0.15, 0.2) is 18.2 Å². The van der Waals surface area contributed by atoms with Gasteiger partial charge in [0.1, 0.15) is 5.82 Å². The van der Waals surface area contributed by atoms with Crippen LogP contribution in [-0.4, -0.2) is 27.3 Å². The van der Waals surface area contributed by atoms with Crippen LogP contribution in [0.25, 0.3) is 11.0 Å². The zero-order valence-electron chi connectivity index (χ0n) is 14.6. The number of amides is 1. The van der Waals surface area contributed by atoms with E-state index in [0.717, 1.165) is 49.1 Å². The second-order valence-electron chi connectivity index (χ2n) is 7.52. The Morgan fingerprint density at radius 3 is 2.71 bits per heavy atom. The SMILES string of the molecule is Cc1ccc2nc(C3CCCN3C(=O)C3CCCCCC3)[nH]c2c1. The number of H-pyrrole nitrogens is 1. The lowest BCUT2D eigenvalue weighted by Gasteiger charge is -2.27. The standard InChI is InChI=1S/C20H27N3O/c1-14-10-11-16-17(13-14)22-19(21-16)18-9-6-12-23(18)20(24)15-7-4-2-3-5-8-15/h10-11,13,15,18H,2-9,12H2,1H3,(H,21,22). The number of aromatic amines is 1. The molecule has 1 aromatic carbocycles. The maximum Gasteiger partial charge on any atom is 0.226 e. The van der Waals surface area contributed by atoms with Crippen molar-refractivity contribution in [1.82, 2.24) is 14.9 Å². The van der Waals surface area contributed by atoms with Crippen molar-refractivity contribution in [2.75, 3.05) is 6.54 Å². The summed E-state index contributed by atoms with van der Waals surface area (Å²) >= 11 is 0. The van der Waals surface area contributed by atoms with E-state index in [2.05, 4.69) is 35.0 Å². The van der Waals surface area contributed by atoms with E-state index < -0.39 is 0 Å². The molecule has 1 atom stereocenters. The predicted octanol–water partition coefficient (Wildman–Crippen LogP) is 4.51. The summed E-state index contributed by atoms with van der Waals surface area (Å²) in [6, 6.07) is 6.43. The van der Waals surface area contributed by atoms with Gasteiger partial charge >= 0.3 is 0 Å². The van der Waals surface area contributed by atoms with Crippen LogP contribution in [0.2, 0.25) is 0 Å². The van der Waals surface area contributed by atoms with Gasteiger partial charge in [0.2, 0.25) is 5.91 Å². The van der Waals surface area contributed by atoms with Crippen molar-refractivity contribution < 1.29 is 4.79 Å². The lowest BCUT2D eigenvalue weighted by molar-refractivity contribution is -0.137. The van der Waals surface area contributed by atoms with Crippen molar-refractivity contribution in [1.29, 1.82) is 0 Å². The van der Waals surface area contributed by atoms with Gasteiger partial charge in [-0.2, -0.15) is 0 Å². The molecule has 24 heavy (non-hydrogen) atoms. The molecule has 0 radical (unpaired) electrons. The molecule has 1 saturated carbocycles. The maximum atomic E-state index is 13.1. The highest BCUT2D eigenvalue weighted by Crippen LogP contribution is 2.35. The Morgan fingerprint density at radius 2 is 1.92 bits per heavy atom. The highest BCUT2D eigenvalue weighted by atomic mass is 16.2. The fourth-order valence-corrected chi connectivity index (χ4v) is 4.38. The summed E-state index contributed by atoms with van der Waals surface area (Å²) < 4.78 is 0. The number of hydrogen-bond acceptors (Lipinski definition) is 2. The molecule has 1 N–H and O–H groups in total. The van der Waals surface area contributed by atoms with Crippen molar-refractivity contribution in [2.24, 2.45) is 5.92 Å². The van der Waals surface area contributed by atoms with Gasteiger partial charge in [-0.1, -0.05) is 31.7 Å². The van der Waals surface area contributed by atoms with Crippen LogP contribution in [0.3, 0.4) is 0 Å². The molecule has 2 aromatic rings. The Bertz CT molecular complexity index is 728. The molecule has 1 aliphatic heterocycles. The van der Waals surface area contributed by atoms with Gasteiger partial charge in [0.15, 0.2) is 0 Å². The third-order valence-electron chi connectivity index (χ3n) is 5.71. The molecular formula is C20H27N3O. The molecular weight excluding hydrogens is 298 g/mol. The zero-order chi connectivity index (χ0) is 16.5. The molecule has 1 unspecified atom stereocenters. The first kappa shape index (κ1) is 15.7. The number of carbonyl (C=O) groups excluding carboxylic acids is 1. The molecule has 4 heteroatoms. The van der Waals surface area contributed by atoms with Crippen LogP contribution < -0.4 is 0 Å². The molecule has 1 aliphatic carbocycles. The van der Waals surface area contributed by atoms with E-state index in [4.69, 9.17) is 4.98 Å². The van der Waals surface area contributed by atoms with E-state index in [-0.39, 0.29) is 12.0 Å². The van der Waals surface area contributed by atoms with Crippen LogP contribution in [0.1, 0.15) is 68.8 Å². The van der Waals surface area contributed by atoms with E-state index in [1.54, 1.807) is 0 Å². The summed E-state index contributed by atoms with van der Waals surface area (Å²) in [4.78, 5) is 23.5. The summed E-state index contributed by atoms with van der Waals surface area (Å²) in [5, 5.41) is 0. The van der Waals surface area contributed by atoms with Gasteiger partial charge in [0.05, 0.1) is 17.1 Å². The van der Waals surface area contributed by atoms with Gasteiger partial charge in [-0.3, -0.25) is 4.79 Å². The zero-order valence-corrected chi connectivity index (χ0v) is 14.6. The molecule has 2 heterocycles. The first-order chi connectivity index (χ1) is 11.7. The molecule has 1 amide bonds. The normalized spacial score (nSPS) is 22.9. The van der Waals surface area contributed by atoms with E-state index in [0.29, 0.717) is 5.91 Å². The first-order valence-corrected chi connectivity index (χ1v) is 9.49. The van der Waals surface area contributed by atoms with Crippen LogP contribution in [-0.2, 0) is 4.79 Å². The molecule has 0 spiro atoms. The number of nitrogens with zero attached hydrogens (tertiary/aromatic N) is 2. The highest BCUT2D eigenvalue weighted by molar-refractivity contribution is 5.80. The second kappa shape index (κ2) is 6.58. The number of hydrogen-bond donors (Lipinski definition) is 1. The van der Waals surface area contributed by atoms with E-state index >= 15 is 0 Å². The van der Waals surface area contributed by atoms with E-state index in [9.17, 15) is 4.79 Å². The van der Waals surface area contributed by atoms with Gasteiger partial charge in [0.25, 0.3) is 0 Å². The summed E-state index contributed by atoms with van der Waals surface area (Å²) in [7, 11) is 0. The van der Waals surface area contributed by atoms with Crippen molar-refractivity contribution in [3.8, 4) is 0 Å². The topological polar surface area (TPSA) is 49.0 Å². The average molecular weight is 325 g/mol. The van der Waals surface area contributed by atoms with Crippen LogP contribution in [0.4, 0.5) is 0 Å². The van der Waals surface area contributed by atoms with Crippen LogP contribution in [0, 0.1) is 12.8 Å². The van der Waals surface area contributed by atoms with Gasteiger partial charge in [-0.25, -0.2) is 4.98 Å². The number of rotatable bonds is 2. The van der Waals surface area contributed by atoms with Gasteiger partial charge in [0, 0.05) is 12.5 Å². The first-order valence-electron chi connectivity index (χ1n) is 9.49. The smallest absolute Gasteiger partial charge is 0.226 e. The number of carbonyl (C=O) groups is 1. The Labute approximate surface area is 143 Å². The van der Waals surface area contributed by atoms with Gasteiger partial charge in [-0.15, -0.1) is 0 Å². The molecule has 2 fully saturated rings. The molecule has 2 aliphatic rings. The average Bonchev–Trinajstić information content (AvgIpc) is 3.12. The Balaban J connectivity index is 1.57. The third kappa shape index (κ3) is 2.94. The molecule has 0 bridgehead atoms. The number of imidazole rings is 1. The molecule has 4 rings (SSSR count). The summed E-state index contributed by atoms with van der Waals surface area (Å²) in [5.74, 6) is 1.57. The largest absolute Gasteiger partial charge is 0.340 e. The Hall–Kier alpha value is -1.84. The number of aromatic nitrogens is 2. The molecule has 4 nitrogen and oxygen atoms in total. The minimum Gasteiger partial charge on any atom is -0.340 e. The van der Waals surface area contributed by atoms with E-state index in [1.165, 1.54) is 31.2 Å². The predicted molar refractivity (Wildman–Crippen MR) is 95.7 cm³/mol. The number of likely N-dealkylation sites (tertiary alicyclic amines) is 1. The Kier molecular flexibility index (Phi) is 4.30. The maximum absolute atomic E-state index is 13.1. The highest BCUT2D eigenvalue weighted by Gasteiger charge is 2.35. The lowest BCUT2D eigenvalue weighted by atomic mass is 9.98. The van der Waals surface area contributed by atoms with Crippen molar-refractivity contribution in [3.05, 3.63) is 29.6 Å². The van der Waals surface area contributed by atoms with Crippen molar-refractivity contribution in [3.63, 3.8) is 0 Å². The van der Waals surface area contributed by atoms with Crippen molar-refractivity contribution in [2.45, 2.75) is 64.3 Å². The molecule has 1 saturated heterocycles. The lowest BCUT2D eigenvalue weighted by Crippen LogP contribution is -2.36. The molecule has 1 aromatic heterocycles. The summed E-state index contributed by atoms with van der Waals surface area (Å²) in [5.41, 5.74) is 3.32. The number of aryl methyl sites for hydroxylation is 1.